The minimum atomic E-state index is -0.944. The molecule has 1 aromatic rings. The first-order valence-electron chi connectivity index (χ1n) is 5.88. The monoisotopic (exact) mass is 248 g/mol. The van der Waals surface area contributed by atoms with Gasteiger partial charge in [-0.1, -0.05) is 30.3 Å². The Hall–Kier alpha value is -2.04. The number of carboxylic acid groups (broad SMARTS) is 1. The van der Waals surface area contributed by atoms with Gasteiger partial charge in [0.25, 0.3) is 0 Å². The molecule has 0 aliphatic carbocycles. The van der Waals surface area contributed by atoms with Gasteiger partial charge >= 0.3 is 12.0 Å². The van der Waals surface area contributed by atoms with Gasteiger partial charge in [-0.15, -0.1) is 0 Å². The van der Waals surface area contributed by atoms with Gasteiger partial charge in [0.05, 0.1) is 6.54 Å². The zero-order valence-corrected chi connectivity index (χ0v) is 10.2. The van der Waals surface area contributed by atoms with E-state index in [-0.39, 0.29) is 12.6 Å². The van der Waals surface area contributed by atoms with E-state index in [0.29, 0.717) is 13.0 Å². The van der Waals surface area contributed by atoms with Crippen LogP contribution in [0, 0.1) is 0 Å². The lowest BCUT2D eigenvalue weighted by Crippen LogP contribution is -2.40. The van der Waals surface area contributed by atoms with Crippen molar-refractivity contribution in [3.05, 3.63) is 35.9 Å². The summed E-state index contributed by atoms with van der Waals surface area (Å²) < 4.78 is 0. The summed E-state index contributed by atoms with van der Waals surface area (Å²) in [6.07, 6.45) is 0.671. The molecule has 5 nitrogen and oxygen atoms in total. The topological polar surface area (TPSA) is 60.9 Å². The molecule has 1 aromatic carbocycles. The molecular weight excluding hydrogens is 232 g/mol. The molecule has 0 spiro atoms. The van der Waals surface area contributed by atoms with Crippen LogP contribution in [0.15, 0.2) is 30.3 Å². The number of benzene rings is 1. The number of aliphatic carboxylic acids is 1. The number of rotatable bonds is 4. The van der Waals surface area contributed by atoms with Gasteiger partial charge in [-0.2, -0.15) is 0 Å². The Balaban J connectivity index is 2.02. The van der Waals surface area contributed by atoms with E-state index in [1.807, 2.05) is 30.3 Å². The molecule has 1 aliphatic heterocycles. The maximum Gasteiger partial charge on any atom is 0.328 e. The van der Waals surface area contributed by atoms with Gasteiger partial charge < -0.3 is 14.9 Å². The fraction of sp³-hybridized carbons (Fsp3) is 0.385. The maximum atomic E-state index is 11.8. The molecule has 0 saturated carbocycles. The lowest BCUT2D eigenvalue weighted by Gasteiger charge is -2.19. The molecule has 1 unspecified atom stereocenters. The van der Waals surface area contributed by atoms with Crippen molar-refractivity contribution in [2.24, 2.45) is 0 Å². The first-order valence-corrected chi connectivity index (χ1v) is 5.88. The zero-order chi connectivity index (χ0) is 13.1. The molecule has 1 fully saturated rings. The summed E-state index contributed by atoms with van der Waals surface area (Å²) >= 11 is 0. The second-order valence-corrected chi connectivity index (χ2v) is 4.45. The molecule has 2 rings (SSSR count). The number of urea groups is 1. The predicted molar refractivity (Wildman–Crippen MR) is 66.3 cm³/mol. The first-order chi connectivity index (χ1) is 8.59. The van der Waals surface area contributed by atoms with E-state index in [1.165, 1.54) is 9.80 Å². The Kier molecular flexibility index (Phi) is 3.50. The lowest BCUT2D eigenvalue weighted by molar-refractivity contribution is -0.141. The van der Waals surface area contributed by atoms with E-state index in [2.05, 4.69) is 0 Å². The summed E-state index contributed by atoms with van der Waals surface area (Å²) in [6.45, 7) is 0.688. The van der Waals surface area contributed by atoms with E-state index < -0.39 is 12.0 Å². The van der Waals surface area contributed by atoms with Crippen LogP contribution in [0.2, 0.25) is 0 Å². The van der Waals surface area contributed by atoms with Crippen molar-refractivity contribution in [2.75, 3.05) is 20.1 Å². The molecule has 0 bridgehead atoms. The minimum absolute atomic E-state index is 0.210. The number of amides is 2. The summed E-state index contributed by atoms with van der Waals surface area (Å²) in [5, 5.41) is 9.10. The van der Waals surface area contributed by atoms with Crippen LogP contribution < -0.4 is 0 Å². The highest BCUT2D eigenvalue weighted by Crippen LogP contribution is 2.15. The van der Waals surface area contributed by atoms with E-state index >= 15 is 0 Å². The Morgan fingerprint density at radius 3 is 2.67 bits per heavy atom. The quantitative estimate of drug-likeness (QED) is 0.866. The van der Waals surface area contributed by atoms with E-state index in [0.717, 1.165) is 5.56 Å². The van der Waals surface area contributed by atoms with Gasteiger partial charge in [0.2, 0.25) is 0 Å². The molecule has 5 heteroatoms. The Morgan fingerprint density at radius 2 is 2.06 bits per heavy atom. The smallest absolute Gasteiger partial charge is 0.328 e. The standard InChI is InChI=1S/C13H16N2O3/c1-14-9-11(12(16)17)15(13(14)18)8-7-10-5-3-2-4-6-10/h2-6,11H,7-9H2,1H3,(H,16,17). The third-order valence-corrected chi connectivity index (χ3v) is 3.16. The van der Waals surface area contributed by atoms with E-state index in [9.17, 15) is 9.59 Å². The number of carboxylic acids is 1. The molecule has 96 valence electrons. The van der Waals surface area contributed by atoms with Crippen molar-refractivity contribution in [3.63, 3.8) is 0 Å². The Labute approximate surface area is 106 Å². The molecule has 0 radical (unpaired) electrons. The van der Waals surface area contributed by atoms with Crippen molar-refractivity contribution in [1.29, 1.82) is 0 Å². The second kappa shape index (κ2) is 5.08. The van der Waals surface area contributed by atoms with Crippen molar-refractivity contribution < 1.29 is 14.7 Å². The van der Waals surface area contributed by atoms with Gasteiger partial charge in [0, 0.05) is 13.6 Å². The molecule has 1 aliphatic rings. The molecule has 0 aromatic heterocycles. The number of likely N-dealkylation sites (N-methyl/N-ethyl adjacent to an activating group) is 1. The van der Waals surface area contributed by atoms with Crippen LogP contribution in [0.1, 0.15) is 5.56 Å². The Bertz CT molecular complexity index is 447. The minimum Gasteiger partial charge on any atom is -0.480 e. The highest BCUT2D eigenvalue weighted by molar-refractivity contribution is 5.86. The van der Waals surface area contributed by atoms with Crippen LogP contribution in [-0.2, 0) is 11.2 Å². The van der Waals surface area contributed by atoms with Crippen LogP contribution in [0.3, 0.4) is 0 Å². The fourth-order valence-electron chi connectivity index (χ4n) is 2.15. The average Bonchev–Trinajstić information content (AvgIpc) is 2.65. The summed E-state index contributed by atoms with van der Waals surface area (Å²) in [4.78, 5) is 25.8. The SMILES string of the molecule is CN1CC(C(=O)O)N(CCc2ccccc2)C1=O. The van der Waals surface area contributed by atoms with Crippen LogP contribution in [0.25, 0.3) is 0 Å². The highest BCUT2D eigenvalue weighted by atomic mass is 16.4. The first kappa shape index (κ1) is 12.4. The summed E-state index contributed by atoms with van der Waals surface area (Å²) in [5.41, 5.74) is 1.10. The van der Waals surface area contributed by atoms with E-state index in [4.69, 9.17) is 5.11 Å². The number of hydrogen-bond donors (Lipinski definition) is 1. The largest absolute Gasteiger partial charge is 0.480 e. The maximum absolute atomic E-state index is 11.8. The molecule has 1 saturated heterocycles. The van der Waals surface area contributed by atoms with Gasteiger partial charge in [-0.05, 0) is 12.0 Å². The molecule has 2 amide bonds. The van der Waals surface area contributed by atoms with Crippen molar-refractivity contribution in [1.82, 2.24) is 9.80 Å². The van der Waals surface area contributed by atoms with Gasteiger partial charge in [0.1, 0.15) is 6.04 Å². The van der Waals surface area contributed by atoms with Crippen LogP contribution in [0.5, 0.6) is 0 Å². The molecule has 1 heterocycles. The van der Waals surface area contributed by atoms with Crippen LogP contribution in [0.4, 0.5) is 4.79 Å². The fourth-order valence-corrected chi connectivity index (χ4v) is 2.15. The second-order valence-electron chi connectivity index (χ2n) is 4.45. The summed E-state index contributed by atoms with van der Waals surface area (Å²) in [7, 11) is 1.63. The number of carbonyl (C=O) groups excluding carboxylic acids is 1. The van der Waals surface area contributed by atoms with Gasteiger partial charge in [0.15, 0.2) is 0 Å². The van der Waals surface area contributed by atoms with Gasteiger partial charge in [-0.3, -0.25) is 0 Å². The van der Waals surface area contributed by atoms with Crippen molar-refractivity contribution in [3.8, 4) is 0 Å². The molecule has 1 atom stereocenters. The average molecular weight is 248 g/mol. The molecule has 1 N–H and O–H groups in total. The third-order valence-electron chi connectivity index (χ3n) is 3.16. The normalized spacial score (nSPS) is 19.4. The zero-order valence-electron chi connectivity index (χ0n) is 10.2. The van der Waals surface area contributed by atoms with E-state index in [1.54, 1.807) is 7.05 Å². The number of nitrogens with zero attached hydrogens (tertiary/aromatic N) is 2. The predicted octanol–water partition coefficient (Wildman–Crippen LogP) is 1.05. The van der Waals surface area contributed by atoms with Crippen LogP contribution in [-0.4, -0.2) is 53.1 Å². The van der Waals surface area contributed by atoms with Crippen molar-refractivity contribution in [2.45, 2.75) is 12.5 Å². The van der Waals surface area contributed by atoms with Crippen LogP contribution >= 0.6 is 0 Å². The van der Waals surface area contributed by atoms with Crippen molar-refractivity contribution >= 4 is 12.0 Å². The summed E-state index contributed by atoms with van der Waals surface area (Å²) in [6, 6.07) is 8.80. The highest BCUT2D eigenvalue weighted by Gasteiger charge is 2.39. The molecular formula is C13H16N2O3. The third kappa shape index (κ3) is 2.45. The number of carbonyl (C=O) groups is 2. The number of hydrogen-bond acceptors (Lipinski definition) is 2. The summed E-state index contributed by atoms with van der Waals surface area (Å²) in [5.74, 6) is -0.944. The Morgan fingerprint density at radius 1 is 1.39 bits per heavy atom. The lowest BCUT2D eigenvalue weighted by atomic mass is 10.1. The molecule has 18 heavy (non-hydrogen) atoms. The van der Waals surface area contributed by atoms with Gasteiger partial charge in [-0.25, -0.2) is 9.59 Å².